The summed E-state index contributed by atoms with van der Waals surface area (Å²) >= 11 is 2.10. The molecular formula is C18H14F2IN3O5S. The minimum Gasteiger partial charge on any atom is -0.395 e. The molecule has 0 amide bonds. The van der Waals surface area contributed by atoms with Gasteiger partial charge in [0.15, 0.2) is 38.4 Å². The molecule has 0 saturated carbocycles. The number of sulfone groups is 1. The van der Waals surface area contributed by atoms with Gasteiger partial charge in [-0.3, -0.25) is 4.40 Å². The van der Waals surface area contributed by atoms with Crippen molar-refractivity contribution in [3.63, 3.8) is 0 Å². The maximum absolute atomic E-state index is 13.3. The Morgan fingerprint density at radius 1 is 1.30 bits per heavy atom. The number of hydrogen-bond acceptors (Lipinski definition) is 7. The van der Waals surface area contributed by atoms with Crippen LogP contribution in [-0.4, -0.2) is 35.0 Å². The highest BCUT2D eigenvalue weighted by Crippen LogP contribution is 2.47. The molecule has 1 aromatic carbocycles. The first-order chi connectivity index (χ1) is 14.1. The SMILES string of the molecule is CCS(=O)(=O)c1c(N2Cc3cc4c(cc3C2O)OC(F)(F)O4)nc2cc(I)ccn12. The van der Waals surface area contributed by atoms with Crippen molar-refractivity contribution in [2.75, 3.05) is 10.7 Å². The van der Waals surface area contributed by atoms with Crippen LogP contribution in [0.3, 0.4) is 0 Å². The van der Waals surface area contributed by atoms with E-state index >= 15 is 0 Å². The third-order valence-electron chi connectivity index (χ3n) is 5.05. The standard InChI is InChI=1S/C18H14F2IN3O5S/c1-2-30(26,27)17-15(22-14-6-10(21)3-4-23(14)17)24-8-9-5-12-13(7-11(9)16(24)25)29-18(19,20)28-12/h3-7,16,25H,2,8H2,1H3. The number of benzene rings is 1. The topological polar surface area (TPSA) is 93.4 Å². The second-order valence-corrected chi connectivity index (χ2v) is 10.3. The zero-order valence-electron chi connectivity index (χ0n) is 15.3. The minimum absolute atomic E-state index is 0.0326. The lowest BCUT2D eigenvalue weighted by Gasteiger charge is -2.21. The molecule has 2 aliphatic rings. The summed E-state index contributed by atoms with van der Waals surface area (Å²) in [5.74, 6) is -0.388. The molecule has 158 valence electrons. The lowest BCUT2D eigenvalue weighted by atomic mass is 10.1. The van der Waals surface area contributed by atoms with Crippen LogP contribution in [-0.2, 0) is 16.4 Å². The van der Waals surface area contributed by atoms with Crippen molar-refractivity contribution in [2.24, 2.45) is 0 Å². The highest BCUT2D eigenvalue weighted by molar-refractivity contribution is 14.1. The highest BCUT2D eigenvalue weighted by Gasteiger charge is 2.45. The van der Waals surface area contributed by atoms with E-state index in [2.05, 4.69) is 37.0 Å². The minimum atomic E-state index is -3.76. The monoisotopic (exact) mass is 549 g/mol. The Balaban J connectivity index is 1.64. The average molecular weight is 549 g/mol. The van der Waals surface area contributed by atoms with Gasteiger partial charge in [-0.25, -0.2) is 13.4 Å². The summed E-state index contributed by atoms with van der Waals surface area (Å²) in [6.45, 7) is 1.59. The lowest BCUT2D eigenvalue weighted by Crippen LogP contribution is -2.26. The van der Waals surface area contributed by atoms with Crippen molar-refractivity contribution >= 4 is 43.9 Å². The zero-order valence-corrected chi connectivity index (χ0v) is 18.3. The van der Waals surface area contributed by atoms with Gasteiger partial charge in [-0.1, -0.05) is 6.92 Å². The van der Waals surface area contributed by atoms with Crippen LogP contribution < -0.4 is 14.4 Å². The molecule has 0 fully saturated rings. The molecule has 8 nitrogen and oxygen atoms in total. The van der Waals surface area contributed by atoms with E-state index in [0.717, 1.165) is 3.57 Å². The zero-order chi connectivity index (χ0) is 21.4. The van der Waals surface area contributed by atoms with E-state index in [4.69, 9.17) is 0 Å². The smallest absolute Gasteiger partial charge is 0.395 e. The molecule has 3 aromatic rings. The van der Waals surface area contributed by atoms with E-state index in [1.807, 2.05) is 0 Å². The molecule has 5 rings (SSSR count). The lowest BCUT2D eigenvalue weighted by molar-refractivity contribution is -0.286. The second kappa shape index (κ2) is 6.40. The van der Waals surface area contributed by atoms with Gasteiger partial charge in [0.1, 0.15) is 5.65 Å². The molecule has 0 saturated heterocycles. The summed E-state index contributed by atoms with van der Waals surface area (Å²) in [5.41, 5.74) is 1.25. The molecule has 0 aliphatic carbocycles. The molecule has 1 atom stereocenters. The third kappa shape index (κ3) is 2.92. The molecule has 2 aliphatic heterocycles. The summed E-state index contributed by atoms with van der Waals surface area (Å²) in [4.78, 5) is 5.88. The number of hydrogen-bond donors (Lipinski definition) is 1. The van der Waals surface area contributed by atoms with Crippen LogP contribution in [0.15, 0.2) is 35.5 Å². The van der Waals surface area contributed by atoms with Gasteiger partial charge in [0.05, 0.1) is 5.75 Å². The van der Waals surface area contributed by atoms with Crippen LogP contribution in [0, 0.1) is 3.57 Å². The number of imidazole rings is 1. The summed E-state index contributed by atoms with van der Waals surface area (Å²) in [7, 11) is -3.70. The quantitative estimate of drug-likeness (QED) is 0.503. The van der Waals surface area contributed by atoms with E-state index in [0.29, 0.717) is 16.8 Å². The number of aliphatic hydroxyl groups excluding tert-OH is 1. The number of aromatic nitrogens is 2. The van der Waals surface area contributed by atoms with Gasteiger partial charge in [-0.15, -0.1) is 8.78 Å². The van der Waals surface area contributed by atoms with E-state index in [1.165, 1.54) is 28.4 Å². The van der Waals surface area contributed by atoms with Gasteiger partial charge in [0.25, 0.3) is 0 Å². The maximum atomic E-state index is 13.3. The Hall–Kier alpha value is -2.19. The van der Waals surface area contributed by atoms with Gasteiger partial charge in [-0.05, 0) is 52.4 Å². The number of rotatable bonds is 3. The molecule has 2 aromatic heterocycles. The summed E-state index contributed by atoms with van der Waals surface area (Å²) in [5, 5.41) is 10.9. The van der Waals surface area contributed by atoms with E-state index < -0.39 is 22.4 Å². The number of halogens is 3. The van der Waals surface area contributed by atoms with Crippen molar-refractivity contribution in [1.82, 2.24) is 9.38 Å². The van der Waals surface area contributed by atoms with Crippen LogP contribution in [0.25, 0.3) is 5.65 Å². The molecule has 1 N–H and O–H groups in total. The molecule has 0 bridgehead atoms. The Kier molecular flexibility index (Phi) is 4.22. The molecule has 0 spiro atoms. The van der Waals surface area contributed by atoms with Crippen LogP contribution in [0.5, 0.6) is 11.5 Å². The van der Waals surface area contributed by atoms with Crippen LogP contribution in [0.1, 0.15) is 24.3 Å². The predicted molar refractivity (Wildman–Crippen MR) is 109 cm³/mol. The first kappa shape index (κ1) is 19.8. The van der Waals surface area contributed by atoms with Crippen molar-refractivity contribution in [3.8, 4) is 11.5 Å². The Morgan fingerprint density at radius 2 is 2.00 bits per heavy atom. The van der Waals surface area contributed by atoms with Gasteiger partial charge in [-0.2, -0.15) is 0 Å². The highest BCUT2D eigenvalue weighted by atomic mass is 127. The summed E-state index contributed by atoms with van der Waals surface area (Å²) in [6.07, 6.45) is -3.44. The van der Waals surface area contributed by atoms with Gasteiger partial charge >= 0.3 is 6.29 Å². The summed E-state index contributed by atoms with van der Waals surface area (Å²) < 4.78 is 63.7. The Labute approximate surface area is 183 Å². The fourth-order valence-electron chi connectivity index (χ4n) is 3.66. The predicted octanol–water partition coefficient (Wildman–Crippen LogP) is 3.07. The van der Waals surface area contributed by atoms with Crippen molar-refractivity contribution in [1.29, 1.82) is 0 Å². The Bertz CT molecular complexity index is 1310. The third-order valence-corrected chi connectivity index (χ3v) is 7.45. The van der Waals surface area contributed by atoms with Gasteiger partial charge in [0.2, 0.25) is 0 Å². The van der Waals surface area contributed by atoms with E-state index in [1.54, 1.807) is 18.3 Å². The van der Waals surface area contributed by atoms with Crippen molar-refractivity contribution in [2.45, 2.75) is 31.0 Å². The Morgan fingerprint density at radius 3 is 2.70 bits per heavy atom. The molecule has 0 radical (unpaired) electrons. The first-order valence-corrected chi connectivity index (χ1v) is 11.6. The largest absolute Gasteiger partial charge is 0.586 e. The number of ether oxygens (including phenoxy) is 2. The van der Waals surface area contributed by atoms with Crippen molar-refractivity contribution in [3.05, 3.63) is 45.2 Å². The average Bonchev–Trinajstić information content (AvgIpc) is 3.29. The van der Waals surface area contributed by atoms with Crippen molar-refractivity contribution < 1.29 is 31.8 Å². The first-order valence-electron chi connectivity index (χ1n) is 8.87. The number of anilines is 1. The van der Waals surface area contributed by atoms with Crippen LogP contribution in [0.4, 0.5) is 14.6 Å². The number of alkyl halides is 2. The van der Waals surface area contributed by atoms with Gasteiger partial charge < -0.3 is 19.5 Å². The fourth-order valence-corrected chi connectivity index (χ4v) is 5.27. The van der Waals surface area contributed by atoms with E-state index in [9.17, 15) is 22.3 Å². The second-order valence-electron chi connectivity index (χ2n) is 6.88. The van der Waals surface area contributed by atoms with Gasteiger partial charge in [0, 0.05) is 21.9 Å². The van der Waals surface area contributed by atoms with E-state index in [-0.39, 0.29) is 34.6 Å². The number of aliphatic hydroxyl groups is 1. The fraction of sp³-hybridized carbons (Fsp3) is 0.278. The molecule has 30 heavy (non-hydrogen) atoms. The number of pyridine rings is 1. The number of fused-ring (bicyclic) bond motifs is 3. The maximum Gasteiger partial charge on any atom is 0.586 e. The number of nitrogens with zero attached hydrogens (tertiary/aromatic N) is 3. The molecule has 1 unspecified atom stereocenters. The van der Waals surface area contributed by atoms with Crippen LogP contribution in [0.2, 0.25) is 0 Å². The van der Waals surface area contributed by atoms with Crippen LogP contribution >= 0.6 is 22.6 Å². The molecule has 12 heteroatoms. The summed E-state index contributed by atoms with van der Waals surface area (Å²) in [6, 6.07) is 6.12. The normalized spacial score (nSPS) is 19.5. The molecule has 4 heterocycles. The molecular weight excluding hydrogens is 535 g/mol.